The highest BCUT2D eigenvalue weighted by Gasteiger charge is 2.08. The first-order chi connectivity index (χ1) is 11.6. The van der Waals surface area contributed by atoms with Crippen LogP contribution in [-0.4, -0.2) is 27.2 Å². The Morgan fingerprint density at radius 3 is 2.21 bits per heavy atom. The van der Waals surface area contributed by atoms with E-state index in [1.165, 1.54) is 6.92 Å². The van der Waals surface area contributed by atoms with Gasteiger partial charge in [-0.3, -0.25) is 9.59 Å². The molecule has 7 nitrogen and oxygen atoms in total. The molecule has 0 aliphatic carbocycles. The van der Waals surface area contributed by atoms with E-state index in [0.29, 0.717) is 24.2 Å². The third-order valence-electron chi connectivity index (χ3n) is 3.60. The molecule has 122 valence electrons. The van der Waals surface area contributed by atoms with E-state index in [4.69, 9.17) is 0 Å². The average molecular weight is 323 g/mol. The molecule has 3 aromatic rings. The summed E-state index contributed by atoms with van der Waals surface area (Å²) < 4.78 is 0. The molecule has 0 saturated heterocycles. The fourth-order valence-corrected chi connectivity index (χ4v) is 2.27. The smallest absolute Gasteiger partial charge is 0.251 e. The lowest BCUT2D eigenvalue weighted by Crippen LogP contribution is -2.22. The number of aromatic amines is 1. The first kappa shape index (κ1) is 15.7. The zero-order chi connectivity index (χ0) is 16.9. The van der Waals surface area contributed by atoms with Crippen LogP contribution < -0.4 is 10.6 Å². The molecule has 7 heteroatoms. The minimum absolute atomic E-state index is 0.0598. The summed E-state index contributed by atoms with van der Waals surface area (Å²) in [6, 6.07) is 12.9. The summed E-state index contributed by atoms with van der Waals surface area (Å²) >= 11 is 0. The molecule has 2 aromatic carbocycles. The number of amides is 2. The zero-order valence-electron chi connectivity index (χ0n) is 13.2. The Kier molecular flexibility index (Phi) is 4.51. The predicted octanol–water partition coefficient (Wildman–Crippen LogP) is 1.52. The summed E-state index contributed by atoms with van der Waals surface area (Å²) in [6.07, 6.45) is 0. The maximum atomic E-state index is 12.2. The lowest BCUT2D eigenvalue weighted by Gasteiger charge is -2.07. The van der Waals surface area contributed by atoms with Gasteiger partial charge in [-0.2, -0.15) is 15.4 Å². The van der Waals surface area contributed by atoms with Gasteiger partial charge < -0.3 is 10.6 Å². The number of aromatic nitrogens is 3. The summed E-state index contributed by atoms with van der Waals surface area (Å²) in [4.78, 5) is 23.1. The van der Waals surface area contributed by atoms with Crippen molar-refractivity contribution in [3.63, 3.8) is 0 Å². The van der Waals surface area contributed by atoms with Crippen LogP contribution >= 0.6 is 0 Å². The van der Waals surface area contributed by atoms with Crippen molar-refractivity contribution in [3.8, 4) is 0 Å². The molecule has 0 radical (unpaired) electrons. The van der Waals surface area contributed by atoms with Gasteiger partial charge in [0.25, 0.3) is 5.91 Å². The van der Waals surface area contributed by atoms with E-state index in [1.807, 2.05) is 24.3 Å². The highest BCUT2D eigenvalue weighted by molar-refractivity contribution is 5.97. The Morgan fingerprint density at radius 2 is 1.54 bits per heavy atom. The van der Waals surface area contributed by atoms with Crippen LogP contribution in [0.4, 0.5) is 0 Å². The van der Waals surface area contributed by atoms with Crippen molar-refractivity contribution in [1.29, 1.82) is 0 Å². The molecule has 0 spiro atoms. The molecule has 1 aromatic heterocycles. The van der Waals surface area contributed by atoms with Crippen molar-refractivity contribution in [2.75, 3.05) is 0 Å². The Balaban J connectivity index is 1.58. The number of H-pyrrole nitrogens is 1. The van der Waals surface area contributed by atoms with E-state index in [-0.39, 0.29) is 11.8 Å². The van der Waals surface area contributed by atoms with Crippen LogP contribution in [0.1, 0.15) is 28.4 Å². The van der Waals surface area contributed by atoms with Crippen LogP contribution in [0.5, 0.6) is 0 Å². The fraction of sp³-hybridized carbons (Fsp3) is 0.176. The van der Waals surface area contributed by atoms with E-state index >= 15 is 0 Å². The quantitative estimate of drug-likeness (QED) is 0.663. The van der Waals surface area contributed by atoms with Gasteiger partial charge >= 0.3 is 0 Å². The van der Waals surface area contributed by atoms with Crippen molar-refractivity contribution in [1.82, 2.24) is 26.0 Å². The number of rotatable bonds is 5. The highest BCUT2D eigenvalue weighted by Crippen LogP contribution is 2.11. The Bertz CT molecular complexity index is 870. The lowest BCUT2D eigenvalue weighted by atomic mass is 10.1. The van der Waals surface area contributed by atoms with Crippen LogP contribution in [0.25, 0.3) is 11.0 Å². The van der Waals surface area contributed by atoms with Crippen LogP contribution in [0.2, 0.25) is 0 Å². The molecule has 0 unspecified atom stereocenters. The molecule has 2 amide bonds. The molecule has 0 saturated carbocycles. The fourth-order valence-electron chi connectivity index (χ4n) is 2.27. The van der Waals surface area contributed by atoms with E-state index in [0.717, 1.165) is 16.6 Å². The second-order valence-corrected chi connectivity index (χ2v) is 5.44. The summed E-state index contributed by atoms with van der Waals surface area (Å²) in [6.45, 7) is 2.41. The Hall–Kier alpha value is -3.22. The van der Waals surface area contributed by atoms with Crippen LogP contribution in [0, 0.1) is 0 Å². The number of nitrogens with zero attached hydrogens (tertiary/aromatic N) is 2. The van der Waals surface area contributed by atoms with E-state index in [2.05, 4.69) is 26.0 Å². The van der Waals surface area contributed by atoms with Crippen molar-refractivity contribution < 1.29 is 9.59 Å². The standard InChI is InChI=1S/C17H17N5O2/c1-11(23)18-9-12-2-4-13(5-3-12)10-19-17(24)14-6-7-15-16(8-14)21-22-20-15/h2-8H,9-10H2,1H3,(H,18,23)(H,19,24)(H,20,21,22). The number of nitrogens with one attached hydrogen (secondary N) is 3. The number of carbonyl (C=O) groups is 2. The molecule has 0 fully saturated rings. The first-order valence-electron chi connectivity index (χ1n) is 7.53. The van der Waals surface area contributed by atoms with Gasteiger partial charge in [0.1, 0.15) is 11.0 Å². The molecule has 0 aliphatic rings. The second kappa shape index (κ2) is 6.91. The van der Waals surface area contributed by atoms with Crippen LogP contribution in [0.15, 0.2) is 42.5 Å². The van der Waals surface area contributed by atoms with Crippen LogP contribution in [0.3, 0.4) is 0 Å². The topological polar surface area (TPSA) is 99.8 Å². The number of benzene rings is 2. The molecule has 3 rings (SSSR count). The summed E-state index contributed by atoms with van der Waals surface area (Å²) in [5, 5.41) is 16.1. The number of hydrogen-bond donors (Lipinski definition) is 3. The third-order valence-corrected chi connectivity index (χ3v) is 3.60. The van der Waals surface area contributed by atoms with Gasteiger partial charge in [0.2, 0.25) is 5.91 Å². The molecular formula is C17H17N5O2. The van der Waals surface area contributed by atoms with Crippen LogP contribution in [-0.2, 0) is 17.9 Å². The summed E-state index contributed by atoms with van der Waals surface area (Å²) in [5.41, 5.74) is 3.92. The van der Waals surface area contributed by atoms with Gasteiger partial charge in [-0.15, -0.1) is 0 Å². The normalized spacial score (nSPS) is 10.5. The van der Waals surface area contributed by atoms with Gasteiger partial charge in [0.05, 0.1) is 0 Å². The lowest BCUT2D eigenvalue weighted by molar-refractivity contribution is -0.119. The molecule has 0 aliphatic heterocycles. The molecule has 0 bridgehead atoms. The molecular weight excluding hydrogens is 306 g/mol. The van der Waals surface area contributed by atoms with Gasteiger partial charge in [0, 0.05) is 25.6 Å². The van der Waals surface area contributed by atoms with Gasteiger partial charge in [-0.1, -0.05) is 24.3 Å². The minimum atomic E-state index is -0.165. The first-order valence-corrected chi connectivity index (χ1v) is 7.53. The molecule has 0 atom stereocenters. The minimum Gasteiger partial charge on any atom is -0.352 e. The van der Waals surface area contributed by atoms with Gasteiger partial charge in [-0.25, -0.2) is 0 Å². The predicted molar refractivity (Wildman–Crippen MR) is 89.0 cm³/mol. The van der Waals surface area contributed by atoms with Gasteiger partial charge in [-0.05, 0) is 29.3 Å². The monoisotopic (exact) mass is 323 g/mol. The SMILES string of the molecule is CC(=O)NCc1ccc(CNC(=O)c2ccc3n[nH]nc3c2)cc1. The van der Waals surface area contributed by atoms with Gasteiger partial charge in [0.15, 0.2) is 0 Å². The van der Waals surface area contributed by atoms with Crippen molar-refractivity contribution >= 4 is 22.8 Å². The average Bonchev–Trinajstić information content (AvgIpc) is 3.06. The van der Waals surface area contributed by atoms with Crippen molar-refractivity contribution in [2.45, 2.75) is 20.0 Å². The van der Waals surface area contributed by atoms with E-state index in [9.17, 15) is 9.59 Å². The maximum absolute atomic E-state index is 12.2. The number of fused-ring (bicyclic) bond motifs is 1. The van der Waals surface area contributed by atoms with E-state index in [1.54, 1.807) is 18.2 Å². The number of hydrogen-bond acceptors (Lipinski definition) is 4. The summed E-state index contributed by atoms with van der Waals surface area (Å²) in [5.74, 6) is -0.224. The van der Waals surface area contributed by atoms with E-state index < -0.39 is 0 Å². The molecule has 1 heterocycles. The van der Waals surface area contributed by atoms with Crippen molar-refractivity contribution in [3.05, 3.63) is 59.2 Å². The molecule has 3 N–H and O–H groups in total. The Morgan fingerprint density at radius 1 is 0.917 bits per heavy atom. The number of carbonyl (C=O) groups excluding carboxylic acids is 2. The largest absolute Gasteiger partial charge is 0.352 e. The third kappa shape index (κ3) is 3.75. The zero-order valence-corrected chi connectivity index (χ0v) is 13.2. The van der Waals surface area contributed by atoms with Crippen molar-refractivity contribution in [2.24, 2.45) is 0 Å². The Labute approximate surface area is 138 Å². The summed E-state index contributed by atoms with van der Waals surface area (Å²) in [7, 11) is 0. The second-order valence-electron chi connectivity index (χ2n) is 5.44. The molecule has 24 heavy (non-hydrogen) atoms. The highest BCUT2D eigenvalue weighted by atomic mass is 16.2. The maximum Gasteiger partial charge on any atom is 0.251 e.